The van der Waals surface area contributed by atoms with E-state index in [0.717, 1.165) is 32.7 Å². The highest BCUT2D eigenvalue weighted by atomic mass is 32.2. The van der Waals surface area contributed by atoms with Crippen molar-refractivity contribution in [1.82, 2.24) is 9.97 Å². The number of aromatic amines is 1. The topological polar surface area (TPSA) is 53.1 Å². The van der Waals surface area contributed by atoms with E-state index in [-0.39, 0.29) is 0 Å². The predicted molar refractivity (Wildman–Crippen MR) is 117 cm³/mol. The van der Waals surface area contributed by atoms with Gasteiger partial charge in [-0.15, -0.1) is 0 Å². The summed E-state index contributed by atoms with van der Waals surface area (Å²) in [6.45, 7) is 2.09. The van der Waals surface area contributed by atoms with E-state index in [2.05, 4.69) is 46.7 Å². The molecule has 0 fully saturated rings. The lowest BCUT2D eigenvalue weighted by Crippen LogP contribution is -1.92. The molecule has 5 heteroatoms. The third-order valence-electron chi connectivity index (χ3n) is 4.14. The maximum absolute atomic E-state index is 4.81. The molecule has 0 amide bonds. The van der Waals surface area contributed by atoms with Crippen LogP contribution in [0.2, 0.25) is 0 Å². The van der Waals surface area contributed by atoms with Crippen LogP contribution in [0.1, 0.15) is 11.3 Å². The standard InChI is InChI=1S/C23H20N4S/c1-17-12-14-20(15-13-17)28-23-21(16-24-27-19-10-6-3-7-11-19)25-22(26-23)18-8-4-2-5-9-18/h2-16,27H,1H3,(H,25,26). The van der Waals surface area contributed by atoms with Crippen LogP contribution in [-0.2, 0) is 0 Å². The number of H-pyrrole nitrogens is 1. The Bertz CT molecular complexity index is 1050. The second-order valence-corrected chi connectivity index (χ2v) is 7.38. The van der Waals surface area contributed by atoms with Gasteiger partial charge in [-0.2, -0.15) is 5.10 Å². The monoisotopic (exact) mass is 384 g/mol. The number of aryl methyl sites for hydroxylation is 1. The van der Waals surface area contributed by atoms with E-state index in [4.69, 9.17) is 4.98 Å². The Hall–Kier alpha value is -3.31. The molecule has 0 radical (unpaired) electrons. The largest absolute Gasteiger partial charge is 0.336 e. The molecule has 138 valence electrons. The van der Waals surface area contributed by atoms with Crippen molar-refractivity contribution in [2.75, 3.05) is 5.43 Å². The van der Waals surface area contributed by atoms with Gasteiger partial charge in [0.15, 0.2) is 0 Å². The van der Waals surface area contributed by atoms with E-state index < -0.39 is 0 Å². The molecule has 2 N–H and O–H groups in total. The number of hydrogen-bond acceptors (Lipinski definition) is 4. The van der Waals surface area contributed by atoms with Gasteiger partial charge in [0.1, 0.15) is 10.9 Å². The summed E-state index contributed by atoms with van der Waals surface area (Å²) in [6, 6.07) is 28.4. The van der Waals surface area contributed by atoms with Crippen LogP contribution in [0.25, 0.3) is 11.4 Å². The van der Waals surface area contributed by atoms with Crippen LogP contribution in [0, 0.1) is 6.92 Å². The SMILES string of the molecule is Cc1ccc(Sc2nc(-c3ccccc3)[nH]c2C=NNc2ccccc2)cc1. The van der Waals surface area contributed by atoms with Gasteiger partial charge in [-0.1, -0.05) is 78.0 Å². The smallest absolute Gasteiger partial charge is 0.139 e. The lowest BCUT2D eigenvalue weighted by atomic mass is 10.2. The van der Waals surface area contributed by atoms with Crippen LogP contribution in [0.5, 0.6) is 0 Å². The summed E-state index contributed by atoms with van der Waals surface area (Å²) in [5, 5.41) is 5.27. The van der Waals surface area contributed by atoms with Crippen molar-refractivity contribution in [3.8, 4) is 11.4 Å². The normalized spacial score (nSPS) is 11.0. The molecule has 28 heavy (non-hydrogen) atoms. The van der Waals surface area contributed by atoms with Crippen LogP contribution < -0.4 is 5.43 Å². The molecule has 0 aliphatic rings. The van der Waals surface area contributed by atoms with Crippen LogP contribution in [0.3, 0.4) is 0 Å². The van der Waals surface area contributed by atoms with Gasteiger partial charge in [0.2, 0.25) is 0 Å². The Labute approximate surface area is 168 Å². The van der Waals surface area contributed by atoms with E-state index in [0.29, 0.717) is 0 Å². The van der Waals surface area contributed by atoms with Gasteiger partial charge >= 0.3 is 0 Å². The Morgan fingerprint density at radius 2 is 1.57 bits per heavy atom. The molecule has 4 aromatic rings. The third-order valence-corrected chi connectivity index (χ3v) is 5.15. The molecule has 0 bridgehead atoms. The maximum Gasteiger partial charge on any atom is 0.139 e. The summed E-state index contributed by atoms with van der Waals surface area (Å²) in [5.74, 6) is 0.830. The summed E-state index contributed by atoms with van der Waals surface area (Å²) in [5.41, 5.74) is 7.15. The van der Waals surface area contributed by atoms with Gasteiger partial charge in [-0.25, -0.2) is 4.98 Å². The number of rotatable bonds is 6. The average Bonchev–Trinajstić information content (AvgIpc) is 3.14. The Kier molecular flexibility index (Phi) is 5.54. The zero-order chi connectivity index (χ0) is 19.2. The molecule has 0 aliphatic heterocycles. The molecule has 1 aromatic heterocycles. The Morgan fingerprint density at radius 1 is 0.893 bits per heavy atom. The first-order valence-corrected chi connectivity index (χ1v) is 9.84. The van der Waals surface area contributed by atoms with E-state index in [1.54, 1.807) is 18.0 Å². The third kappa shape index (κ3) is 4.50. The molecule has 1 heterocycles. The first-order valence-electron chi connectivity index (χ1n) is 9.02. The van der Waals surface area contributed by atoms with Crippen molar-refractivity contribution in [3.05, 3.63) is 96.2 Å². The maximum atomic E-state index is 4.81. The van der Waals surface area contributed by atoms with Crippen molar-refractivity contribution in [3.63, 3.8) is 0 Å². The van der Waals surface area contributed by atoms with Crippen molar-refractivity contribution < 1.29 is 0 Å². The number of nitrogens with one attached hydrogen (secondary N) is 2. The highest BCUT2D eigenvalue weighted by Crippen LogP contribution is 2.30. The molecular weight excluding hydrogens is 364 g/mol. The number of aromatic nitrogens is 2. The summed E-state index contributed by atoms with van der Waals surface area (Å²) < 4.78 is 0. The molecule has 4 rings (SSSR count). The molecule has 0 aliphatic carbocycles. The fourth-order valence-electron chi connectivity index (χ4n) is 2.67. The van der Waals surface area contributed by atoms with Crippen LogP contribution in [0.4, 0.5) is 5.69 Å². The van der Waals surface area contributed by atoms with Crippen molar-refractivity contribution in [1.29, 1.82) is 0 Å². The van der Waals surface area contributed by atoms with Gasteiger partial charge in [-0.3, -0.25) is 5.43 Å². The van der Waals surface area contributed by atoms with Gasteiger partial charge in [0.05, 0.1) is 17.6 Å². The number of nitrogens with zero attached hydrogens (tertiary/aromatic N) is 2. The number of hydrogen-bond donors (Lipinski definition) is 2. The fraction of sp³-hybridized carbons (Fsp3) is 0.0435. The minimum atomic E-state index is 0.830. The van der Waals surface area contributed by atoms with Crippen LogP contribution in [0.15, 0.2) is 100.0 Å². The van der Waals surface area contributed by atoms with E-state index in [1.165, 1.54) is 5.56 Å². The second-order valence-electron chi connectivity index (χ2n) is 6.32. The predicted octanol–water partition coefficient (Wildman–Crippen LogP) is 5.98. The van der Waals surface area contributed by atoms with Crippen molar-refractivity contribution in [2.24, 2.45) is 5.10 Å². The van der Waals surface area contributed by atoms with Gasteiger partial charge in [0, 0.05) is 10.5 Å². The number of para-hydroxylation sites is 1. The number of benzene rings is 3. The van der Waals surface area contributed by atoms with Crippen molar-refractivity contribution in [2.45, 2.75) is 16.8 Å². The molecule has 4 nitrogen and oxygen atoms in total. The molecule has 0 saturated carbocycles. The average molecular weight is 385 g/mol. The van der Waals surface area contributed by atoms with Gasteiger partial charge in [0.25, 0.3) is 0 Å². The minimum absolute atomic E-state index is 0.830. The molecule has 3 aromatic carbocycles. The summed E-state index contributed by atoms with van der Waals surface area (Å²) >= 11 is 1.62. The fourth-order valence-corrected chi connectivity index (χ4v) is 3.52. The van der Waals surface area contributed by atoms with Crippen LogP contribution >= 0.6 is 11.8 Å². The zero-order valence-electron chi connectivity index (χ0n) is 15.5. The number of imidazole rings is 1. The number of hydrazone groups is 1. The molecule has 0 saturated heterocycles. The quantitative estimate of drug-likeness (QED) is 0.317. The first kappa shape index (κ1) is 18.1. The Morgan fingerprint density at radius 3 is 2.29 bits per heavy atom. The summed E-state index contributed by atoms with van der Waals surface area (Å²) in [4.78, 5) is 9.35. The Balaban J connectivity index is 1.62. The molecule has 0 atom stereocenters. The summed E-state index contributed by atoms with van der Waals surface area (Å²) in [7, 11) is 0. The second kappa shape index (κ2) is 8.59. The highest BCUT2D eigenvalue weighted by Gasteiger charge is 2.12. The van der Waals surface area contributed by atoms with Crippen molar-refractivity contribution >= 4 is 23.7 Å². The minimum Gasteiger partial charge on any atom is -0.336 e. The lowest BCUT2D eigenvalue weighted by Gasteiger charge is -2.01. The van der Waals surface area contributed by atoms with E-state index in [9.17, 15) is 0 Å². The lowest BCUT2D eigenvalue weighted by molar-refractivity contribution is 1.19. The van der Waals surface area contributed by atoms with Crippen LogP contribution in [-0.4, -0.2) is 16.2 Å². The van der Waals surface area contributed by atoms with E-state index >= 15 is 0 Å². The number of anilines is 1. The first-order chi connectivity index (χ1) is 13.8. The molecular formula is C23H20N4S. The van der Waals surface area contributed by atoms with E-state index in [1.807, 2.05) is 60.7 Å². The van der Waals surface area contributed by atoms with Gasteiger partial charge in [-0.05, 0) is 31.2 Å². The molecule has 0 spiro atoms. The zero-order valence-corrected chi connectivity index (χ0v) is 16.3. The highest BCUT2D eigenvalue weighted by molar-refractivity contribution is 7.99. The molecule has 0 unspecified atom stereocenters. The van der Waals surface area contributed by atoms with Gasteiger partial charge < -0.3 is 4.98 Å². The summed E-state index contributed by atoms with van der Waals surface area (Å²) in [6.07, 6.45) is 1.78.